The van der Waals surface area contributed by atoms with Crippen LogP contribution < -0.4 is 5.73 Å². The number of hydrogen-bond donors (Lipinski definition) is 1. The SMILES string of the molecule is CC(C)N1CCC(CN)C1c1ccc(F)c(Br)c1. The molecule has 2 unspecified atom stereocenters. The zero-order valence-electron chi connectivity index (χ0n) is 10.9. The van der Waals surface area contributed by atoms with Crippen molar-refractivity contribution in [1.29, 1.82) is 0 Å². The van der Waals surface area contributed by atoms with E-state index >= 15 is 0 Å². The van der Waals surface area contributed by atoms with Crippen molar-refractivity contribution in [3.63, 3.8) is 0 Å². The molecule has 1 aliphatic heterocycles. The van der Waals surface area contributed by atoms with Crippen molar-refractivity contribution in [3.8, 4) is 0 Å². The van der Waals surface area contributed by atoms with E-state index in [0.717, 1.165) is 18.5 Å². The summed E-state index contributed by atoms with van der Waals surface area (Å²) in [6.07, 6.45) is 1.12. The van der Waals surface area contributed by atoms with E-state index in [1.165, 1.54) is 6.07 Å². The van der Waals surface area contributed by atoms with Gasteiger partial charge in [-0.05, 0) is 72.9 Å². The Labute approximate surface area is 116 Å². The molecule has 2 nitrogen and oxygen atoms in total. The molecule has 2 rings (SSSR count). The van der Waals surface area contributed by atoms with Crippen LogP contribution >= 0.6 is 15.9 Å². The Morgan fingerprint density at radius 1 is 1.50 bits per heavy atom. The molecule has 18 heavy (non-hydrogen) atoms. The summed E-state index contributed by atoms with van der Waals surface area (Å²) >= 11 is 3.27. The van der Waals surface area contributed by atoms with Gasteiger partial charge in [0, 0.05) is 12.1 Å². The molecule has 1 saturated heterocycles. The minimum absolute atomic E-state index is 0.211. The second-order valence-electron chi connectivity index (χ2n) is 5.23. The van der Waals surface area contributed by atoms with E-state index in [0.29, 0.717) is 29.0 Å². The summed E-state index contributed by atoms with van der Waals surface area (Å²) in [7, 11) is 0. The lowest BCUT2D eigenvalue weighted by atomic mass is 9.93. The summed E-state index contributed by atoms with van der Waals surface area (Å²) in [5.41, 5.74) is 7.04. The molecule has 2 atom stereocenters. The highest BCUT2D eigenvalue weighted by Gasteiger charge is 2.35. The molecule has 100 valence electrons. The molecule has 1 aromatic carbocycles. The highest BCUT2D eigenvalue weighted by Crippen LogP contribution is 2.39. The first kappa shape index (κ1) is 14.0. The standard InChI is InChI=1S/C14H20BrFN2/c1-9(2)18-6-5-11(8-17)14(18)10-3-4-13(16)12(15)7-10/h3-4,7,9,11,14H,5-6,8,17H2,1-2H3. The lowest BCUT2D eigenvalue weighted by molar-refractivity contribution is 0.184. The van der Waals surface area contributed by atoms with Crippen LogP contribution in [0.4, 0.5) is 4.39 Å². The Morgan fingerprint density at radius 3 is 2.78 bits per heavy atom. The molecule has 0 amide bonds. The molecule has 0 bridgehead atoms. The molecule has 2 N–H and O–H groups in total. The first-order valence-corrected chi connectivity index (χ1v) is 7.24. The van der Waals surface area contributed by atoms with Gasteiger partial charge >= 0.3 is 0 Å². The smallest absolute Gasteiger partial charge is 0.137 e. The Kier molecular flexibility index (Phi) is 4.41. The molecule has 0 radical (unpaired) electrons. The van der Waals surface area contributed by atoms with Gasteiger partial charge in [0.25, 0.3) is 0 Å². The van der Waals surface area contributed by atoms with Gasteiger partial charge in [-0.25, -0.2) is 4.39 Å². The fraction of sp³-hybridized carbons (Fsp3) is 0.571. The van der Waals surface area contributed by atoms with Crippen LogP contribution in [0, 0.1) is 11.7 Å². The van der Waals surface area contributed by atoms with Crippen LogP contribution in [-0.2, 0) is 0 Å². The zero-order chi connectivity index (χ0) is 13.3. The summed E-state index contributed by atoms with van der Waals surface area (Å²) in [4.78, 5) is 2.46. The van der Waals surface area contributed by atoms with E-state index in [9.17, 15) is 4.39 Å². The lowest BCUT2D eigenvalue weighted by Gasteiger charge is -2.31. The monoisotopic (exact) mass is 314 g/mol. The first-order chi connectivity index (χ1) is 8.54. The van der Waals surface area contributed by atoms with Crippen molar-refractivity contribution >= 4 is 15.9 Å². The van der Waals surface area contributed by atoms with E-state index in [4.69, 9.17) is 5.73 Å². The summed E-state index contributed by atoms with van der Waals surface area (Å²) in [5, 5.41) is 0. The van der Waals surface area contributed by atoms with Gasteiger partial charge in [0.2, 0.25) is 0 Å². The Bertz CT molecular complexity index is 422. The van der Waals surface area contributed by atoms with Gasteiger partial charge in [-0.3, -0.25) is 4.90 Å². The maximum absolute atomic E-state index is 13.3. The normalized spacial score (nSPS) is 25.0. The first-order valence-electron chi connectivity index (χ1n) is 6.45. The van der Waals surface area contributed by atoms with Gasteiger partial charge in [0.1, 0.15) is 5.82 Å². The minimum atomic E-state index is -0.211. The van der Waals surface area contributed by atoms with E-state index in [1.807, 2.05) is 12.1 Å². The average Bonchev–Trinajstić information content (AvgIpc) is 2.76. The molecule has 0 spiro atoms. The molecule has 1 aromatic rings. The lowest BCUT2D eigenvalue weighted by Crippen LogP contribution is -2.33. The van der Waals surface area contributed by atoms with E-state index in [1.54, 1.807) is 0 Å². The number of nitrogens with zero attached hydrogens (tertiary/aromatic N) is 1. The van der Waals surface area contributed by atoms with Crippen LogP contribution in [0.25, 0.3) is 0 Å². The molecule has 4 heteroatoms. The van der Waals surface area contributed by atoms with Crippen LogP contribution in [-0.4, -0.2) is 24.0 Å². The Balaban J connectivity index is 2.34. The summed E-state index contributed by atoms with van der Waals surface area (Å²) in [6.45, 7) is 6.15. The molecule has 0 saturated carbocycles. The topological polar surface area (TPSA) is 29.3 Å². The van der Waals surface area contributed by atoms with E-state index in [2.05, 4.69) is 34.7 Å². The highest BCUT2D eigenvalue weighted by molar-refractivity contribution is 9.10. The fourth-order valence-corrected chi connectivity index (χ4v) is 3.27. The number of rotatable bonds is 3. The summed E-state index contributed by atoms with van der Waals surface area (Å²) in [5.74, 6) is 0.252. The number of benzene rings is 1. The van der Waals surface area contributed by atoms with Gasteiger partial charge in [-0.1, -0.05) is 6.07 Å². The van der Waals surface area contributed by atoms with Crippen LogP contribution in [0.5, 0.6) is 0 Å². The minimum Gasteiger partial charge on any atom is -0.330 e. The van der Waals surface area contributed by atoms with Gasteiger partial charge in [0.15, 0.2) is 0 Å². The third-order valence-electron chi connectivity index (χ3n) is 3.81. The number of hydrogen-bond acceptors (Lipinski definition) is 2. The third kappa shape index (κ3) is 2.60. The van der Waals surface area contributed by atoms with Gasteiger partial charge in [-0.2, -0.15) is 0 Å². The predicted molar refractivity (Wildman–Crippen MR) is 75.8 cm³/mol. The van der Waals surface area contributed by atoms with Crippen LogP contribution in [0.3, 0.4) is 0 Å². The van der Waals surface area contributed by atoms with Gasteiger partial charge in [-0.15, -0.1) is 0 Å². The quantitative estimate of drug-likeness (QED) is 0.927. The van der Waals surface area contributed by atoms with Crippen LogP contribution in [0.1, 0.15) is 31.9 Å². The average molecular weight is 315 g/mol. The van der Waals surface area contributed by atoms with Crippen molar-refractivity contribution in [1.82, 2.24) is 4.90 Å². The summed E-state index contributed by atoms with van der Waals surface area (Å²) < 4.78 is 13.9. The largest absolute Gasteiger partial charge is 0.330 e. The Hall–Kier alpha value is -0.450. The molecule has 0 aliphatic carbocycles. The molecule has 1 fully saturated rings. The van der Waals surface area contributed by atoms with Crippen molar-refractivity contribution in [2.24, 2.45) is 11.7 Å². The summed E-state index contributed by atoms with van der Waals surface area (Å²) in [6, 6.07) is 6.10. The molecular formula is C14H20BrFN2. The molecule has 0 aromatic heterocycles. The zero-order valence-corrected chi connectivity index (χ0v) is 12.5. The van der Waals surface area contributed by atoms with Crippen molar-refractivity contribution in [2.75, 3.05) is 13.1 Å². The number of halogens is 2. The highest BCUT2D eigenvalue weighted by atomic mass is 79.9. The van der Waals surface area contributed by atoms with Crippen molar-refractivity contribution in [2.45, 2.75) is 32.4 Å². The number of nitrogens with two attached hydrogens (primary N) is 1. The number of likely N-dealkylation sites (tertiary alicyclic amines) is 1. The molecule has 1 heterocycles. The predicted octanol–water partition coefficient (Wildman–Crippen LogP) is 3.32. The van der Waals surface area contributed by atoms with E-state index < -0.39 is 0 Å². The van der Waals surface area contributed by atoms with Crippen molar-refractivity contribution < 1.29 is 4.39 Å². The van der Waals surface area contributed by atoms with E-state index in [-0.39, 0.29) is 5.82 Å². The second kappa shape index (κ2) is 5.68. The van der Waals surface area contributed by atoms with Gasteiger partial charge < -0.3 is 5.73 Å². The van der Waals surface area contributed by atoms with Gasteiger partial charge in [0.05, 0.1) is 4.47 Å². The third-order valence-corrected chi connectivity index (χ3v) is 4.42. The maximum Gasteiger partial charge on any atom is 0.137 e. The van der Waals surface area contributed by atoms with Crippen LogP contribution in [0.15, 0.2) is 22.7 Å². The fourth-order valence-electron chi connectivity index (χ4n) is 2.87. The van der Waals surface area contributed by atoms with Crippen molar-refractivity contribution in [3.05, 3.63) is 34.1 Å². The molecule has 1 aliphatic rings. The van der Waals surface area contributed by atoms with Crippen LogP contribution in [0.2, 0.25) is 0 Å². The molecular weight excluding hydrogens is 295 g/mol. The second-order valence-corrected chi connectivity index (χ2v) is 6.09. The maximum atomic E-state index is 13.3. The Morgan fingerprint density at radius 2 is 2.22 bits per heavy atom.